The van der Waals surface area contributed by atoms with E-state index in [1.54, 1.807) is 30.3 Å². The predicted octanol–water partition coefficient (Wildman–Crippen LogP) is 6.85. The van der Waals surface area contributed by atoms with E-state index in [4.69, 9.17) is 32.7 Å². The molecule has 1 amide bonds. The van der Waals surface area contributed by atoms with Gasteiger partial charge in [0.15, 0.2) is 0 Å². The van der Waals surface area contributed by atoms with Gasteiger partial charge in [0.2, 0.25) is 0 Å². The van der Waals surface area contributed by atoms with Crippen molar-refractivity contribution < 1.29 is 27.4 Å². The van der Waals surface area contributed by atoms with E-state index < -0.39 is 22.7 Å². The topological polar surface area (TPSA) is 47.6 Å². The molecular weight excluding hydrogens is 454 g/mol. The molecule has 3 rings (SSSR count). The summed E-state index contributed by atoms with van der Waals surface area (Å²) in [4.78, 5) is 12.6. The molecule has 3 aromatic rings. The van der Waals surface area contributed by atoms with Crippen LogP contribution in [0, 0.1) is 0 Å². The molecule has 0 aliphatic rings. The summed E-state index contributed by atoms with van der Waals surface area (Å²) >= 11 is 11.7. The van der Waals surface area contributed by atoms with Gasteiger partial charge in [-0.3, -0.25) is 4.79 Å². The number of methoxy groups -OCH3 is 1. The Kier molecular flexibility index (Phi) is 6.97. The fourth-order valence-electron chi connectivity index (χ4n) is 2.77. The number of rotatable bonds is 6. The summed E-state index contributed by atoms with van der Waals surface area (Å²) in [5.41, 5.74) is -0.300. The zero-order valence-electron chi connectivity index (χ0n) is 16.1. The van der Waals surface area contributed by atoms with Gasteiger partial charge in [0.25, 0.3) is 5.91 Å². The summed E-state index contributed by atoms with van der Waals surface area (Å²) in [6.45, 7) is 0.0627. The van der Waals surface area contributed by atoms with Crippen molar-refractivity contribution in [3.63, 3.8) is 0 Å². The first-order chi connectivity index (χ1) is 14.7. The third-order valence-electron chi connectivity index (χ3n) is 4.29. The molecule has 0 aliphatic carbocycles. The van der Waals surface area contributed by atoms with Crippen LogP contribution in [0.15, 0.2) is 60.7 Å². The first kappa shape index (κ1) is 22.8. The number of benzene rings is 3. The molecule has 9 heteroatoms. The normalized spacial score (nSPS) is 11.2. The molecule has 0 saturated carbocycles. The van der Waals surface area contributed by atoms with Crippen LogP contribution in [0.1, 0.15) is 21.5 Å². The molecule has 0 heterocycles. The van der Waals surface area contributed by atoms with E-state index in [2.05, 4.69) is 5.32 Å². The maximum atomic E-state index is 13.0. The van der Waals surface area contributed by atoms with Crippen LogP contribution in [-0.2, 0) is 12.8 Å². The van der Waals surface area contributed by atoms with Crippen LogP contribution in [-0.4, -0.2) is 13.0 Å². The van der Waals surface area contributed by atoms with Crippen LogP contribution in [0.3, 0.4) is 0 Å². The van der Waals surface area contributed by atoms with Gasteiger partial charge in [-0.2, -0.15) is 13.2 Å². The summed E-state index contributed by atoms with van der Waals surface area (Å²) in [5.74, 6) is 0.341. The fourth-order valence-corrected chi connectivity index (χ4v) is 3.19. The smallest absolute Gasteiger partial charge is 0.417 e. The number of carbonyl (C=O) groups is 1. The number of anilines is 1. The van der Waals surface area contributed by atoms with Gasteiger partial charge < -0.3 is 14.8 Å². The average molecular weight is 470 g/mol. The number of hydrogen-bond acceptors (Lipinski definition) is 3. The molecule has 0 saturated heterocycles. The monoisotopic (exact) mass is 469 g/mol. The van der Waals surface area contributed by atoms with Gasteiger partial charge in [-0.05, 0) is 48.5 Å². The van der Waals surface area contributed by atoms with Crippen molar-refractivity contribution >= 4 is 34.8 Å². The standard InChI is InChI=1S/C22H16Cl2F3NO3/c1-30-19-9-6-13(10-14(19)12-31-20-5-3-2-4-18(20)24)21(29)28-15-7-8-17(23)16(11-15)22(25,26)27/h2-11H,12H2,1H3,(H,28,29). The lowest BCUT2D eigenvalue weighted by molar-refractivity contribution is -0.137. The minimum Gasteiger partial charge on any atom is -0.496 e. The zero-order chi connectivity index (χ0) is 22.6. The van der Waals surface area contributed by atoms with Crippen LogP contribution in [0.4, 0.5) is 18.9 Å². The second-order valence-electron chi connectivity index (χ2n) is 6.39. The van der Waals surface area contributed by atoms with Gasteiger partial charge in [0, 0.05) is 16.8 Å². The molecule has 162 valence electrons. The van der Waals surface area contributed by atoms with Crippen molar-refractivity contribution in [2.75, 3.05) is 12.4 Å². The van der Waals surface area contributed by atoms with E-state index >= 15 is 0 Å². The van der Waals surface area contributed by atoms with E-state index in [0.717, 1.165) is 12.1 Å². The van der Waals surface area contributed by atoms with Gasteiger partial charge in [-0.25, -0.2) is 0 Å². The number of halogens is 5. The summed E-state index contributed by atoms with van der Waals surface area (Å²) < 4.78 is 50.1. The molecule has 0 aromatic heterocycles. The highest BCUT2D eigenvalue weighted by atomic mass is 35.5. The fraction of sp³-hybridized carbons (Fsp3) is 0.136. The van der Waals surface area contributed by atoms with Crippen LogP contribution in [0.5, 0.6) is 11.5 Å². The maximum absolute atomic E-state index is 13.0. The minimum atomic E-state index is -4.64. The predicted molar refractivity (Wildman–Crippen MR) is 113 cm³/mol. The van der Waals surface area contributed by atoms with Crippen molar-refractivity contribution in [3.8, 4) is 11.5 Å². The highest BCUT2D eigenvalue weighted by molar-refractivity contribution is 6.32. The van der Waals surface area contributed by atoms with Gasteiger partial charge >= 0.3 is 6.18 Å². The molecule has 0 aliphatic heterocycles. The van der Waals surface area contributed by atoms with Gasteiger partial charge in [0.05, 0.1) is 22.7 Å². The van der Waals surface area contributed by atoms with Crippen LogP contribution in [0.25, 0.3) is 0 Å². The Morgan fingerprint density at radius 1 is 0.968 bits per heavy atom. The number of nitrogens with one attached hydrogen (secondary N) is 1. The molecular formula is C22H16Cl2F3NO3. The molecule has 0 unspecified atom stereocenters. The average Bonchev–Trinajstić information content (AvgIpc) is 2.73. The molecule has 3 aromatic carbocycles. The SMILES string of the molecule is COc1ccc(C(=O)Nc2ccc(Cl)c(C(F)(F)F)c2)cc1COc1ccccc1Cl. The van der Waals surface area contributed by atoms with Gasteiger partial charge in [-0.15, -0.1) is 0 Å². The number of hydrogen-bond donors (Lipinski definition) is 1. The summed E-state index contributed by atoms with van der Waals surface area (Å²) in [5, 5.41) is 2.42. The van der Waals surface area contributed by atoms with Crippen LogP contribution >= 0.6 is 23.2 Å². The molecule has 1 N–H and O–H groups in total. The van der Waals surface area contributed by atoms with E-state index in [1.165, 1.54) is 25.3 Å². The maximum Gasteiger partial charge on any atom is 0.417 e. The quantitative estimate of drug-likeness (QED) is 0.429. The Bertz CT molecular complexity index is 1100. The summed E-state index contributed by atoms with van der Waals surface area (Å²) in [7, 11) is 1.47. The number of ether oxygens (including phenoxy) is 2. The molecule has 0 spiro atoms. The number of alkyl halides is 3. The van der Waals surface area contributed by atoms with E-state index in [-0.39, 0.29) is 17.9 Å². The van der Waals surface area contributed by atoms with Crippen molar-refractivity contribution in [3.05, 3.63) is 87.4 Å². The van der Waals surface area contributed by atoms with Crippen molar-refractivity contribution in [2.45, 2.75) is 12.8 Å². The highest BCUT2D eigenvalue weighted by Gasteiger charge is 2.33. The molecule has 4 nitrogen and oxygen atoms in total. The Morgan fingerprint density at radius 3 is 2.39 bits per heavy atom. The second-order valence-corrected chi connectivity index (χ2v) is 7.21. The zero-order valence-corrected chi connectivity index (χ0v) is 17.6. The van der Waals surface area contributed by atoms with E-state index in [0.29, 0.717) is 22.1 Å². The second kappa shape index (κ2) is 9.49. The summed E-state index contributed by atoms with van der Waals surface area (Å²) in [6.07, 6.45) is -4.64. The lowest BCUT2D eigenvalue weighted by Crippen LogP contribution is -2.14. The molecule has 0 radical (unpaired) electrons. The summed E-state index contributed by atoms with van der Waals surface area (Å²) in [6, 6.07) is 14.7. The Labute approximate surface area is 186 Å². The Balaban J connectivity index is 1.80. The Hall–Kier alpha value is -2.90. The highest BCUT2D eigenvalue weighted by Crippen LogP contribution is 2.36. The van der Waals surface area contributed by atoms with E-state index in [9.17, 15) is 18.0 Å². The van der Waals surface area contributed by atoms with Crippen LogP contribution in [0.2, 0.25) is 10.0 Å². The molecule has 31 heavy (non-hydrogen) atoms. The van der Waals surface area contributed by atoms with E-state index in [1.807, 2.05) is 0 Å². The van der Waals surface area contributed by atoms with Gasteiger partial charge in [0.1, 0.15) is 18.1 Å². The molecule has 0 bridgehead atoms. The largest absolute Gasteiger partial charge is 0.496 e. The van der Waals surface area contributed by atoms with Crippen LogP contribution < -0.4 is 14.8 Å². The van der Waals surface area contributed by atoms with Crippen molar-refractivity contribution in [1.29, 1.82) is 0 Å². The Morgan fingerprint density at radius 2 is 1.71 bits per heavy atom. The minimum absolute atomic E-state index is 0.0357. The first-order valence-electron chi connectivity index (χ1n) is 8.91. The third-order valence-corrected chi connectivity index (χ3v) is 4.93. The van der Waals surface area contributed by atoms with Gasteiger partial charge in [-0.1, -0.05) is 35.3 Å². The van der Waals surface area contributed by atoms with Crippen molar-refractivity contribution in [2.24, 2.45) is 0 Å². The molecule has 0 atom stereocenters. The molecule has 0 fully saturated rings. The van der Waals surface area contributed by atoms with Crippen molar-refractivity contribution in [1.82, 2.24) is 0 Å². The number of para-hydroxylation sites is 1. The lowest BCUT2D eigenvalue weighted by Gasteiger charge is -2.14. The first-order valence-corrected chi connectivity index (χ1v) is 9.67. The third kappa shape index (κ3) is 5.62. The lowest BCUT2D eigenvalue weighted by atomic mass is 10.1. The number of carbonyl (C=O) groups excluding carboxylic acids is 1. The number of amides is 1.